The van der Waals surface area contributed by atoms with Gasteiger partial charge in [-0.3, -0.25) is 4.79 Å². The second kappa shape index (κ2) is 5.64. The van der Waals surface area contributed by atoms with Crippen molar-refractivity contribution in [2.45, 2.75) is 26.2 Å². The molecule has 108 valence electrons. The van der Waals surface area contributed by atoms with Gasteiger partial charge in [-0.15, -0.1) is 0 Å². The molecule has 2 aromatic rings. The van der Waals surface area contributed by atoms with Crippen molar-refractivity contribution in [1.29, 1.82) is 0 Å². The predicted molar refractivity (Wildman–Crippen MR) is 89.8 cm³/mol. The number of hydrogen-bond acceptors (Lipinski definition) is 1. The lowest BCUT2D eigenvalue weighted by molar-refractivity contribution is -0.119. The Labute approximate surface area is 133 Å². The van der Waals surface area contributed by atoms with Crippen molar-refractivity contribution in [2.75, 3.05) is 11.4 Å². The van der Waals surface area contributed by atoms with Crippen LogP contribution in [0.2, 0.25) is 0 Å². The monoisotopic (exact) mass is 343 g/mol. The average molecular weight is 344 g/mol. The Balaban J connectivity index is 1.99. The number of benzene rings is 2. The molecule has 1 unspecified atom stereocenters. The van der Waals surface area contributed by atoms with Gasteiger partial charge >= 0.3 is 0 Å². The second-order valence-corrected chi connectivity index (χ2v) is 6.45. The van der Waals surface area contributed by atoms with Crippen molar-refractivity contribution in [3.05, 3.63) is 63.6 Å². The van der Waals surface area contributed by atoms with Crippen LogP contribution in [-0.4, -0.2) is 12.5 Å². The molecule has 1 aliphatic heterocycles. The molecule has 0 N–H and O–H groups in total. The van der Waals surface area contributed by atoms with Crippen LogP contribution in [0.25, 0.3) is 0 Å². The van der Waals surface area contributed by atoms with Gasteiger partial charge in [0.25, 0.3) is 0 Å². The summed E-state index contributed by atoms with van der Waals surface area (Å²) >= 11 is 3.52. The van der Waals surface area contributed by atoms with Crippen molar-refractivity contribution < 1.29 is 4.79 Å². The first kappa shape index (κ1) is 14.3. The van der Waals surface area contributed by atoms with Gasteiger partial charge in [0, 0.05) is 16.7 Å². The third-order valence-electron chi connectivity index (χ3n) is 4.06. The third kappa shape index (κ3) is 2.62. The molecule has 3 heteroatoms. The van der Waals surface area contributed by atoms with Gasteiger partial charge in [-0.05, 0) is 49.6 Å². The summed E-state index contributed by atoms with van der Waals surface area (Å²) in [6.45, 7) is 4.83. The number of amides is 1. The highest BCUT2D eigenvalue weighted by atomic mass is 79.9. The predicted octanol–water partition coefficient (Wildman–Crippen LogP) is 4.45. The molecule has 2 nitrogen and oxygen atoms in total. The van der Waals surface area contributed by atoms with E-state index in [1.54, 1.807) is 0 Å². The molecule has 0 fully saturated rings. The van der Waals surface area contributed by atoms with Gasteiger partial charge < -0.3 is 4.90 Å². The number of hydrogen-bond donors (Lipinski definition) is 0. The van der Waals surface area contributed by atoms with E-state index < -0.39 is 0 Å². The summed E-state index contributed by atoms with van der Waals surface area (Å²) in [5, 5.41) is 0. The number of halogens is 1. The van der Waals surface area contributed by atoms with Crippen LogP contribution in [0.15, 0.2) is 46.9 Å². The van der Waals surface area contributed by atoms with Crippen molar-refractivity contribution in [3.8, 4) is 0 Å². The number of aryl methyl sites for hydroxylation is 1. The Morgan fingerprint density at radius 2 is 2.00 bits per heavy atom. The average Bonchev–Trinajstić information content (AvgIpc) is 2.71. The van der Waals surface area contributed by atoms with Crippen molar-refractivity contribution >= 4 is 27.5 Å². The molecule has 0 spiro atoms. The molecule has 0 saturated carbocycles. The summed E-state index contributed by atoms with van der Waals surface area (Å²) in [4.78, 5) is 14.6. The van der Waals surface area contributed by atoms with E-state index in [2.05, 4.69) is 53.2 Å². The Morgan fingerprint density at radius 1 is 1.19 bits per heavy atom. The van der Waals surface area contributed by atoms with E-state index in [4.69, 9.17) is 0 Å². The topological polar surface area (TPSA) is 20.3 Å². The molecule has 21 heavy (non-hydrogen) atoms. The lowest BCUT2D eigenvalue weighted by atomic mass is 9.93. The maximum atomic E-state index is 12.7. The van der Waals surface area contributed by atoms with Gasteiger partial charge in [0.1, 0.15) is 0 Å². The Morgan fingerprint density at radius 3 is 2.71 bits per heavy atom. The van der Waals surface area contributed by atoms with Crippen LogP contribution in [0, 0.1) is 6.92 Å². The Bertz CT molecular complexity index is 695. The van der Waals surface area contributed by atoms with Crippen LogP contribution in [-0.2, 0) is 11.2 Å². The fourth-order valence-electron chi connectivity index (χ4n) is 3.09. The minimum Gasteiger partial charge on any atom is -0.312 e. The van der Waals surface area contributed by atoms with Crippen molar-refractivity contribution in [3.63, 3.8) is 0 Å². The van der Waals surface area contributed by atoms with Gasteiger partial charge in [-0.25, -0.2) is 0 Å². The number of nitrogens with zero attached hydrogens (tertiary/aromatic N) is 1. The molecule has 0 aromatic heterocycles. The van der Waals surface area contributed by atoms with Crippen LogP contribution in [0.1, 0.15) is 29.5 Å². The minimum atomic E-state index is -0.0701. The maximum Gasteiger partial charge on any atom is 0.234 e. The van der Waals surface area contributed by atoms with E-state index in [0.29, 0.717) is 0 Å². The number of rotatable bonds is 3. The smallest absolute Gasteiger partial charge is 0.234 e. The van der Waals surface area contributed by atoms with E-state index in [-0.39, 0.29) is 11.8 Å². The highest BCUT2D eigenvalue weighted by Crippen LogP contribution is 2.40. The highest BCUT2D eigenvalue weighted by molar-refractivity contribution is 9.10. The van der Waals surface area contributed by atoms with Gasteiger partial charge in [0.2, 0.25) is 5.91 Å². The van der Waals surface area contributed by atoms with Crippen LogP contribution < -0.4 is 4.90 Å². The van der Waals surface area contributed by atoms with E-state index in [1.807, 2.05) is 24.0 Å². The largest absolute Gasteiger partial charge is 0.312 e. The summed E-state index contributed by atoms with van der Waals surface area (Å²) in [5.74, 6) is 0.145. The standard InChI is InChI=1S/C18H18BrNO/c1-3-20-17-8-7-14(19)11-15(17)16(18(20)21)10-13-6-4-5-12(2)9-13/h4-9,11,16H,3,10H2,1-2H3. The summed E-state index contributed by atoms with van der Waals surface area (Å²) < 4.78 is 1.03. The summed E-state index contributed by atoms with van der Waals surface area (Å²) in [5.41, 5.74) is 4.65. The fourth-order valence-corrected chi connectivity index (χ4v) is 3.47. The quantitative estimate of drug-likeness (QED) is 0.806. The zero-order chi connectivity index (χ0) is 15.0. The zero-order valence-corrected chi connectivity index (χ0v) is 13.9. The molecular weight excluding hydrogens is 326 g/mol. The van der Waals surface area contributed by atoms with Gasteiger partial charge in [-0.1, -0.05) is 45.8 Å². The SMILES string of the molecule is CCN1C(=O)C(Cc2cccc(C)c2)c2cc(Br)ccc21. The van der Waals surface area contributed by atoms with Crippen LogP contribution >= 0.6 is 15.9 Å². The van der Waals surface area contributed by atoms with Crippen LogP contribution in [0.3, 0.4) is 0 Å². The van der Waals surface area contributed by atoms with Crippen molar-refractivity contribution in [1.82, 2.24) is 0 Å². The Kier molecular flexibility index (Phi) is 3.85. The summed E-state index contributed by atoms with van der Waals surface area (Å²) in [6.07, 6.45) is 0.764. The molecule has 1 amide bonds. The summed E-state index contributed by atoms with van der Waals surface area (Å²) in [7, 11) is 0. The van der Waals surface area contributed by atoms with Gasteiger partial charge in [0.15, 0.2) is 0 Å². The zero-order valence-electron chi connectivity index (χ0n) is 12.3. The van der Waals surface area contributed by atoms with Crippen LogP contribution in [0.4, 0.5) is 5.69 Å². The molecule has 0 aliphatic carbocycles. The third-order valence-corrected chi connectivity index (χ3v) is 4.55. The molecular formula is C18H18BrNO. The van der Waals surface area contributed by atoms with Gasteiger partial charge in [-0.2, -0.15) is 0 Å². The molecule has 1 heterocycles. The van der Waals surface area contributed by atoms with Crippen molar-refractivity contribution in [2.24, 2.45) is 0 Å². The number of likely N-dealkylation sites (N-methyl/N-ethyl adjacent to an activating group) is 1. The molecule has 0 radical (unpaired) electrons. The number of carbonyl (C=O) groups excluding carboxylic acids is 1. The maximum absolute atomic E-state index is 12.7. The highest BCUT2D eigenvalue weighted by Gasteiger charge is 2.36. The molecule has 0 saturated heterocycles. The lowest BCUT2D eigenvalue weighted by Gasteiger charge is -2.15. The summed E-state index contributed by atoms with van der Waals surface area (Å²) in [6, 6.07) is 14.5. The molecule has 1 aliphatic rings. The fraction of sp³-hybridized carbons (Fsp3) is 0.278. The Hall–Kier alpha value is -1.61. The molecule has 1 atom stereocenters. The molecule has 0 bridgehead atoms. The first-order valence-electron chi connectivity index (χ1n) is 7.26. The van der Waals surface area contributed by atoms with Crippen LogP contribution in [0.5, 0.6) is 0 Å². The van der Waals surface area contributed by atoms with Gasteiger partial charge in [0.05, 0.1) is 5.92 Å². The van der Waals surface area contributed by atoms with E-state index in [1.165, 1.54) is 11.1 Å². The minimum absolute atomic E-state index is 0.0701. The molecule has 2 aromatic carbocycles. The number of carbonyl (C=O) groups is 1. The first-order valence-corrected chi connectivity index (χ1v) is 8.06. The number of anilines is 1. The van der Waals surface area contributed by atoms with E-state index >= 15 is 0 Å². The second-order valence-electron chi connectivity index (χ2n) is 5.53. The number of fused-ring (bicyclic) bond motifs is 1. The molecule has 3 rings (SSSR count). The first-order chi connectivity index (χ1) is 10.1. The van der Waals surface area contributed by atoms with E-state index in [0.717, 1.165) is 28.7 Å². The normalized spacial score (nSPS) is 17.2. The lowest BCUT2D eigenvalue weighted by Crippen LogP contribution is -2.29. The van der Waals surface area contributed by atoms with E-state index in [9.17, 15) is 4.79 Å².